The Morgan fingerprint density at radius 3 is 2.28 bits per heavy atom. The van der Waals surface area contributed by atoms with Crippen LogP contribution in [0.15, 0.2) is 33.6 Å². The second-order valence-electron chi connectivity index (χ2n) is 5.12. The summed E-state index contributed by atoms with van der Waals surface area (Å²) in [6, 6.07) is 6.59. The Balaban J connectivity index is 1.76. The molecule has 0 unspecified atom stereocenters. The summed E-state index contributed by atoms with van der Waals surface area (Å²) < 4.78 is 30.6. The van der Waals surface area contributed by atoms with Crippen molar-refractivity contribution in [2.45, 2.75) is 36.7 Å². The first-order chi connectivity index (χ1) is 8.56. The summed E-state index contributed by atoms with van der Waals surface area (Å²) in [5.74, 6) is 1.17. The predicted molar refractivity (Wildman–Crippen MR) is 71.6 cm³/mol. The lowest BCUT2D eigenvalue weighted by molar-refractivity contribution is 0.0908. The van der Waals surface area contributed by atoms with Crippen LogP contribution in [0.25, 0.3) is 0 Å². The summed E-state index contributed by atoms with van der Waals surface area (Å²) >= 11 is 3.29. The fraction of sp³-hybridized carbons (Fsp3) is 0.538. The van der Waals surface area contributed by atoms with Crippen LogP contribution in [0.3, 0.4) is 0 Å². The van der Waals surface area contributed by atoms with Gasteiger partial charge in [0.15, 0.2) is 0 Å². The maximum Gasteiger partial charge on any atom is 0.297 e. The summed E-state index contributed by atoms with van der Waals surface area (Å²) in [5.41, 5.74) is 0. The molecular weight excluding hydrogens is 316 g/mol. The second-order valence-corrected chi connectivity index (χ2v) is 7.61. The zero-order valence-corrected chi connectivity index (χ0v) is 12.3. The number of hydrogen-bond donors (Lipinski definition) is 0. The van der Waals surface area contributed by atoms with E-state index >= 15 is 0 Å². The minimum Gasteiger partial charge on any atom is -0.263 e. The Morgan fingerprint density at radius 1 is 1.06 bits per heavy atom. The molecule has 0 heterocycles. The SMILES string of the molecule is O=S(=O)(O[C@@H]1CC[C@@H]2CC[C@@H]21)c1ccc(Br)cc1. The molecule has 0 spiro atoms. The van der Waals surface area contributed by atoms with Crippen LogP contribution >= 0.6 is 15.9 Å². The summed E-state index contributed by atoms with van der Waals surface area (Å²) in [7, 11) is -3.60. The van der Waals surface area contributed by atoms with Gasteiger partial charge in [-0.2, -0.15) is 8.42 Å². The van der Waals surface area contributed by atoms with Crippen molar-refractivity contribution < 1.29 is 12.6 Å². The molecule has 0 aromatic heterocycles. The molecule has 1 aromatic carbocycles. The highest BCUT2D eigenvalue weighted by atomic mass is 79.9. The van der Waals surface area contributed by atoms with E-state index in [4.69, 9.17) is 4.18 Å². The molecule has 0 bridgehead atoms. The van der Waals surface area contributed by atoms with Gasteiger partial charge in [0.25, 0.3) is 10.1 Å². The minimum absolute atomic E-state index is 0.0996. The average molecular weight is 331 g/mol. The van der Waals surface area contributed by atoms with Gasteiger partial charge in [-0.15, -0.1) is 0 Å². The highest BCUT2D eigenvalue weighted by molar-refractivity contribution is 9.10. The molecule has 5 heteroatoms. The molecule has 0 N–H and O–H groups in total. The molecule has 2 saturated carbocycles. The number of benzene rings is 1. The largest absolute Gasteiger partial charge is 0.297 e. The molecule has 0 radical (unpaired) electrons. The fourth-order valence-corrected chi connectivity index (χ4v) is 4.38. The van der Waals surface area contributed by atoms with Crippen molar-refractivity contribution in [2.24, 2.45) is 11.8 Å². The van der Waals surface area contributed by atoms with Gasteiger partial charge in [0.05, 0.1) is 11.0 Å². The van der Waals surface area contributed by atoms with E-state index in [0.29, 0.717) is 11.8 Å². The van der Waals surface area contributed by atoms with Gasteiger partial charge in [-0.3, -0.25) is 4.18 Å². The third-order valence-corrected chi connectivity index (χ3v) is 6.01. The third-order valence-electron chi connectivity index (χ3n) is 4.13. The molecule has 1 aromatic rings. The van der Waals surface area contributed by atoms with Crippen LogP contribution in [-0.4, -0.2) is 14.5 Å². The Kier molecular flexibility index (Phi) is 3.24. The van der Waals surface area contributed by atoms with Crippen LogP contribution in [0.1, 0.15) is 25.7 Å². The van der Waals surface area contributed by atoms with Gasteiger partial charge in [-0.25, -0.2) is 0 Å². The maximum atomic E-state index is 12.1. The maximum absolute atomic E-state index is 12.1. The van der Waals surface area contributed by atoms with Crippen LogP contribution in [0.2, 0.25) is 0 Å². The van der Waals surface area contributed by atoms with Crippen LogP contribution < -0.4 is 0 Å². The fourth-order valence-electron chi connectivity index (χ4n) is 2.97. The van der Waals surface area contributed by atoms with Crippen molar-refractivity contribution in [3.05, 3.63) is 28.7 Å². The molecule has 18 heavy (non-hydrogen) atoms. The van der Waals surface area contributed by atoms with Gasteiger partial charge >= 0.3 is 0 Å². The van der Waals surface area contributed by atoms with E-state index < -0.39 is 10.1 Å². The smallest absolute Gasteiger partial charge is 0.263 e. The lowest BCUT2D eigenvalue weighted by atomic mass is 9.76. The van der Waals surface area contributed by atoms with E-state index in [1.165, 1.54) is 6.42 Å². The van der Waals surface area contributed by atoms with Crippen molar-refractivity contribution in [1.82, 2.24) is 0 Å². The molecule has 2 fully saturated rings. The monoisotopic (exact) mass is 330 g/mol. The molecule has 98 valence electrons. The zero-order valence-electron chi connectivity index (χ0n) is 9.88. The van der Waals surface area contributed by atoms with E-state index in [2.05, 4.69) is 15.9 Å². The van der Waals surface area contributed by atoms with Crippen molar-refractivity contribution >= 4 is 26.0 Å². The van der Waals surface area contributed by atoms with Gasteiger partial charge in [0, 0.05) is 4.47 Å². The molecular formula is C13H15BrO3S. The Hall–Kier alpha value is -0.390. The van der Waals surface area contributed by atoms with E-state index in [9.17, 15) is 8.42 Å². The van der Waals surface area contributed by atoms with Crippen LogP contribution in [-0.2, 0) is 14.3 Å². The van der Waals surface area contributed by atoms with Crippen LogP contribution in [0.5, 0.6) is 0 Å². The summed E-state index contributed by atoms with van der Waals surface area (Å²) in [5, 5.41) is 0. The van der Waals surface area contributed by atoms with Gasteiger partial charge in [0.2, 0.25) is 0 Å². The molecule has 2 aliphatic rings. The van der Waals surface area contributed by atoms with Gasteiger partial charge in [0.1, 0.15) is 0 Å². The predicted octanol–water partition coefficient (Wildman–Crippen LogP) is 3.34. The molecule has 3 rings (SSSR count). The summed E-state index contributed by atoms with van der Waals surface area (Å²) in [6.45, 7) is 0. The zero-order chi connectivity index (χ0) is 12.8. The minimum atomic E-state index is -3.60. The molecule has 3 nitrogen and oxygen atoms in total. The highest BCUT2D eigenvalue weighted by Gasteiger charge is 2.44. The number of hydrogen-bond acceptors (Lipinski definition) is 3. The first kappa shape index (κ1) is 12.6. The Morgan fingerprint density at radius 2 is 1.72 bits per heavy atom. The summed E-state index contributed by atoms with van der Waals surface area (Å²) in [4.78, 5) is 0.244. The molecule has 0 saturated heterocycles. The first-order valence-electron chi connectivity index (χ1n) is 6.25. The van der Waals surface area contributed by atoms with Crippen LogP contribution in [0.4, 0.5) is 0 Å². The lowest BCUT2D eigenvalue weighted by Gasteiger charge is -2.33. The number of fused-ring (bicyclic) bond motifs is 1. The highest BCUT2D eigenvalue weighted by Crippen LogP contribution is 2.48. The van der Waals surface area contributed by atoms with Crippen molar-refractivity contribution in [1.29, 1.82) is 0 Å². The van der Waals surface area contributed by atoms with Gasteiger partial charge in [-0.05, 0) is 61.8 Å². The Labute approximate surface area is 116 Å². The number of rotatable bonds is 3. The summed E-state index contributed by atoms with van der Waals surface area (Å²) in [6.07, 6.45) is 4.25. The van der Waals surface area contributed by atoms with E-state index in [0.717, 1.165) is 23.7 Å². The van der Waals surface area contributed by atoms with E-state index in [1.54, 1.807) is 24.3 Å². The molecule has 3 atom stereocenters. The topological polar surface area (TPSA) is 43.4 Å². The third kappa shape index (κ3) is 2.24. The van der Waals surface area contributed by atoms with E-state index in [1.807, 2.05) is 0 Å². The van der Waals surface area contributed by atoms with Crippen molar-refractivity contribution in [3.8, 4) is 0 Å². The second kappa shape index (κ2) is 4.62. The van der Waals surface area contributed by atoms with Crippen molar-refractivity contribution in [3.63, 3.8) is 0 Å². The first-order valence-corrected chi connectivity index (χ1v) is 8.45. The normalized spacial score (nSPS) is 30.8. The van der Waals surface area contributed by atoms with Gasteiger partial charge < -0.3 is 0 Å². The van der Waals surface area contributed by atoms with Crippen molar-refractivity contribution in [2.75, 3.05) is 0 Å². The quantitative estimate of drug-likeness (QED) is 0.798. The van der Waals surface area contributed by atoms with E-state index in [-0.39, 0.29) is 11.0 Å². The lowest BCUT2D eigenvalue weighted by Crippen LogP contribution is -2.31. The standard InChI is InChI=1S/C13H15BrO3S/c14-10-3-5-11(6-4-10)18(15,16)17-13-8-2-9-1-7-12(9)13/h3-6,9,12-13H,1-2,7-8H2/t9-,12-,13+/m0/s1. The molecule has 2 aliphatic carbocycles. The molecule has 0 amide bonds. The average Bonchev–Trinajstić information content (AvgIpc) is 2.52. The van der Waals surface area contributed by atoms with Crippen LogP contribution in [0, 0.1) is 11.8 Å². The Bertz CT molecular complexity index is 538. The molecule has 0 aliphatic heterocycles. The number of halogens is 1. The van der Waals surface area contributed by atoms with Gasteiger partial charge in [-0.1, -0.05) is 15.9 Å².